The van der Waals surface area contributed by atoms with Crippen LogP contribution in [0.1, 0.15) is 5.76 Å². The van der Waals surface area contributed by atoms with E-state index in [1.54, 1.807) is 38.3 Å². The Morgan fingerprint density at radius 2 is 1.67 bits per heavy atom. The van der Waals surface area contributed by atoms with E-state index < -0.39 is 5.97 Å². The Labute approximate surface area is 155 Å². The quantitative estimate of drug-likeness (QED) is 0.485. The van der Waals surface area contributed by atoms with Gasteiger partial charge in [0.2, 0.25) is 11.2 Å². The first-order chi connectivity index (χ1) is 13.0. The minimum Gasteiger partial charge on any atom is -0.497 e. The van der Waals surface area contributed by atoms with Crippen molar-refractivity contribution in [2.75, 3.05) is 20.8 Å². The van der Waals surface area contributed by atoms with Crippen LogP contribution in [-0.4, -0.2) is 26.8 Å². The standard InChI is InChI=1S/C20H18O7/c1-12-20(27-14-6-4-13(24-3)5-7-14)19(22)16-9-8-15(10-17(16)25-12)26-18(21)11-23-2/h4-10H,11H2,1-3H3. The van der Waals surface area contributed by atoms with E-state index in [-0.39, 0.29) is 23.5 Å². The van der Waals surface area contributed by atoms with Crippen LogP contribution in [0.4, 0.5) is 0 Å². The van der Waals surface area contributed by atoms with Gasteiger partial charge in [-0.15, -0.1) is 0 Å². The fourth-order valence-electron chi connectivity index (χ4n) is 2.49. The summed E-state index contributed by atoms with van der Waals surface area (Å²) in [5, 5.41) is 0.315. The fourth-order valence-corrected chi connectivity index (χ4v) is 2.49. The first-order valence-corrected chi connectivity index (χ1v) is 8.11. The molecule has 140 valence electrons. The highest BCUT2D eigenvalue weighted by Crippen LogP contribution is 2.28. The average molecular weight is 370 g/mol. The predicted molar refractivity (Wildman–Crippen MR) is 97.8 cm³/mol. The number of fused-ring (bicyclic) bond motifs is 1. The number of hydrogen-bond acceptors (Lipinski definition) is 7. The molecule has 0 aliphatic heterocycles. The molecule has 0 N–H and O–H groups in total. The van der Waals surface area contributed by atoms with Crippen molar-refractivity contribution >= 4 is 16.9 Å². The van der Waals surface area contributed by atoms with Crippen LogP contribution in [0, 0.1) is 6.92 Å². The van der Waals surface area contributed by atoms with Crippen LogP contribution in [0.3, 0.4) is 0 Å². The summed E-state index contributed by atoms with van der Waals surface area (Å²) in [5.41, 5.74) is -0.0263. The molecular weight excluding hydrogens is 352 g/mol. The van der Waals surface area contributed by atoms with Crippen LogP contribution in [0.25, 0.3) is 11.0 Å². The lowest BCUT2D eigenvalue weighted by Crippen LogP contribution is -2.14. The summed E-state index contributed by atoms with van der Waals surface area (Å²) >= 11 is 0. The van der Waals surface area contributed by atoms with Gasteiger partial charge < -0.3 is 23.4 Å². The summed E-state index contributed by atoms with van der Waals surface area (Å²) in [5.74, 6) is 1.28. The number of carbonyl (C=O) groups is 1. The highest BCUT2D eigenvalue weighted by atomic mass is 16.6. The molecule has 0 saturated carbocycles. The molecule has 0 fully saturated rings. The topological polar surface area (TPSA) is 84.2 Å². The van der Waals surface area contributed by atoms with Crippen molar-refractivity contribution in [2.24, 2.45) is 0 Å². The van der Waals surface area contributed by atoms with Crippen molar-refractivity contribution in [3.8, 4) is 23.0 Å². The molecule has 0 radical (unpaired) electrons. The van der Waals surface area contributed by atoms with Crippen molar-refractivity contribution in [3.05, 3.63) is 58.4 Å². The first kappa shape index (κ1) is 18.5. The second-order valence-corrected chi connectivity index (χ2v) is 5.66. The third kappa shape index (κ3) is 4.09. The van der Waals surface area contributed by atoms with Gasteiger partial charge in [-0.05, 0) is 43.3 Å². The SMILES string of the molecule is COCC(=O)Oc1ccc2c(=O)c(Oc3ccc(OC)cc3)c(C)oc2c1. The van der Waals surface area contributed by atoms with Gasteiger partial charge in [0.25, 0.3) is 0 Å². The van der Waals surface area contributed by atoms with Gasteiger partial charge in [-0.2, -0.15) is 0 Å². The average Bonchev–Trinajstić information content (AvgIpc) is 2.65. The Morgan fingerprint density at radius 3 is 2.33 bits per heavy atom. The lowest BCUT2D eigenvalue weighted by atomic mass is 10.2. The van der Waals surface area contributed by atoms with E-state index in [4.69, 9.17) is 23.4 Å². The van der Waals surface area contributed by atoms with Crippen LogP contribution in [-0.2, 0) is 9.53 Å². The zero-order valence-electron chi connectivity index (χ0n) is 15.1. The molecule has 1 heterocycles. The maximum atomic E-state index is 12.8. The molecular formula is C20H18O7. The second-order valence-electron chi connectivity index (χ2n) is 5.66. The molecule has 0 atom stereocenters. The van der Waals surface area contributed by atoms with Gasteiger partial charge in [-0.1, -0.05) is 0 Å². The fraction of sp³-hybridized carbons (Fsp3) is 0.200. The van der Waals surface area contributed by atoms with Crippen LogP contribution < -0.4 is 19.6 Å². The molecule has 0 bridgehead atoms. The monoisotopic (exact) mass is 370 g/mol. The molecule has 0 aliphatic carbocycles. The maximum Gasteiger partial charge on any atom is 0.337 e. The van der Waals surface area contributed by atoms with Crippen molar-refractivity contribution in [1.82, 2.24) is 0 Å². The number of methoxy groups -OCH3 is 2. The van der Waals surface area contributed by atoms with Crippen LogP contribution in [0.5, 0.6) is 23.0 Å². The Bertz CT molecular complexity index is 1020. The molecule has 0 amide bonds. The van der Waals surface area contributed by atoms with E-state index in [9.17, 15) is 9.59 Å². The van der Waals surface area contributed by atoms with Gasteiger partial charge in [0.05, 0.1) is 12.5 Å². The smallest absolute Gasteiger partial charge is 0.337 e. The normalized spacial score (nSPS) is 10.6. The molecule has 1 aromatic heterocycles. The van der Waals surface area contributed by atoms with Gasteiger partial charge >= 0.3 is 5.97 Å². The van der Waals surface area contributed by atoms with Crippen molar-refractivity contribution in [3.63, 3.8) is 0 Å². The third-order valence-corrected chi connectivity index (χ3v) is 3.76. The van der Waals surface area contributed by atoms with Crippen molar-refractivity contribution in [2.45, 2.75) is 6.92 Å². The summed E-state index contributed by atoms with van der Waals surface area (Å²) < 4.78 is 26.3. The Hall–Kier alpha value is -3.32. The van der Waals surface area contributed by atoms with E-state index in [1.165, 1.54) is 25.3 Å². The van der Waals surface area contributed by atoms with Crippen LogP contribution in [0.2, 0.25) is 0 Å². The van der Waals surface area contributed by atoms with Crippen molar-refractivity contribution < 1.29 is 28.2 Å². The number of aryl methyl sites for hydroxylation is 1. The van der Waals surface area contributed by atoms with Gasteiger partial charge in [-0.3, -0.25) is 4.79 Å². The van der Waals surface area contributed by atoms with Crippen LogP contribution >= 0.6 is 0 Å². The van der Waals surface area contributed by atoms with E-state index in [1.807, 2.05) is 0 Å². The van der Waals surface area contributed by atoms with E-state index >= 15 is 0 Å². The molecule has 3 aromatic rings. The van der Waals surface area contributed by atoms with Gasteiger partial charge in [0.1, 0.15) is 35.2 Å². The Balaban J connectivity index is 1.93. The molecule has 0 aliphatic rings. The van der Waals surface area contributed by atoms with Gasteiger partial charge in [0.15, 0.2) is 0 Å². The molecule has 0 unspecified atom stereocenters. The van der Waals surface area contributed by atoms with E-state index in [0.29, 0.717) is 28.2 Å². The molecule has 2 aromatic carbocycles. The van der Waals surface area contributed by atoms with Crippen molar-refractivity contribution in [1.29, 1.82) is 0 Å². The number of hydrogen-bond donors (Lipinski definition) is 0. The van der Waals surface area contributed by atoms with E-state index in [0.717, 1.165) is 0 Å². The largest absolute Gasteiger partial charge is 0.497 e. The summed E-state index contributed by atoms with van der Waals surface area (Å²) in [4.78, 5) is 24.3. The first-order valence-electron chi connectivity index (χ1n) is 8.11. The Kier molecular flexibility index (Phi) is 5.42. The lowest BCUT2D eigenvalue weighted by molar-refractivity contribution is -0.138. The molecule has 7 heteroatoms. The number of carbonyl (C=O) groups excluding carboxylic acids is 1. The molecule has 3 rings (SSSR count). The molecule has 7 nitrogen and oxygen atoms in total. The number of rotatable bonds is 6. The maximum absolute atomic E-state index is 12.8. The summed E-state index contributed by atoms with van der Waals surface area (Å²) in [6.45, 7) is 1.46. The van der Waals surface area contributed by atoms with E-state index in [2.05, 4.69) is 0 Å². The molecule has 0 saturated heterocycles. The summed E-state index contributed by atoms with van der Waals surface area (Å²) in [6.07, 6.45) is 0. The Morgan fingerprint density at radius 1 is 1.00 bits per heavy atom. The number of benzene rings is 2. The van der Waals surface area contributed by atoms with Gasteiger partial charge in [-0.25, -0.2) is 4.79 Å². The highest BCUT2D eigenvalue weighted by Gasteiger charge is 2.15. The summed E-state index contributed by atoms with van der Waals surface area (Å²) in [7, 11) is 2.97. The third-order valence-electron chi connectivity index (χ3n) is 3.76. The second kappa shape index (κ2) is 7.92. The van der Waals surface area contributed by atoms with Crippen LogP contribution in [0.15, 0.2) is 51.7 Å². The number of ether oxygens (including phenoxy) is 4. The minimum atomic E-state index is -0.546. The minimum absolute atomic E-state index is 0.0943. The number of esters is 1. The zero-order valence-corrected chi connectivity index (χ0v) is 15.1. The molecule has 27 heavy (non-hydrogen) atoms. The predicted octanol–water partition coefficient (Wildman–Crippen LogP) is 3.45. The highest BCUT2D eigenvalue weighted by molar-refractivity contribution is 5.81. The lowest BCUT2D eigenvalue weighted by Gasteiger charge is -2.10. The zero-order chi connectivity index (χ0) is 19.4. The summed E-state index contributed by atoms with van der Waals surface area (Å²) in [6, 6.07) is 11.4. The molecule has 0 spiro atoms. The van der Waals surface area contributed by atoms with Gasteiger partial charge in [0, 0.05) is 13.2 Å².